The van der Waals surface area contributed by atoms with Crippen LogP contribution >= 0.6 is 11.8 Å². The first-order valence-electron chi connectivity index (χ1n) is 5.00. The summed E-state index contributed by atoms with van der Waals surface area (Å²) >= 11 is 1.86. The lowest BCUT2D eigenvalue weighted by atomic mass is 10.2. The quantitative estimate of drug-likeness (QED) is 0.697. The largest absolute Gasteiger partial charge is 0.349 e. The van der Waals surface area contributed by atoms with E-state index in [1.807, 2.05) is 11.8 Å². The third kappa shape index (κ3) is 7.21. The highest BCUT2D eigenvalue weighted by molar-refractivity contribution is 7.98. The van der Waals surface area contributed by atoms with Crippen LogP contribution in [-0.4, -0.2) is 49.5 Å². The fourth-order valence-electron chi connectivity index (χ4n) is 1.05. The molecule has 0 radical (unpaired) electrons. The number of amides is 1. The van der Waals surface area contributed by atoms with Crippen molar-refractivity contribution in [3.8, 4) is 0 Å². The van der Waals surface area contributed by atoms with Crippen molar-refractivity contribution in [3.63, 3.8) is 0 Å². The summed E-state index contributed by atoms with van der Waals surface area (Å²) in [5.74, 6) is 1.37. The average molecular weight is 218 g/mol. The first-order valence-corrected chi connectivity index (χ1v) is 6.39. The minimum absolute atomic E-state index is 0.189. The number of thioether (sulfide) groups is 1. The molecule has 0 bridgehead atoms. The number of nitrogens with zero attached hydrogens (tertiary/aromatic N) is 1. The average Bonchev–Trinajstić information content (AvgIpc) is 2.14. The van der Waals surface area contributed by atoms with Gasteiger partial charge in [0, 0.05) is 33.1 Å². The highest BCUT2D eigenvalue weighted by Crippen LogP contribution is 1.99. The summed E-state index contributed by atoms with van der Waals surface area (Å²) in [5.41, 5.74) is 0. The van der Waals surface area contributed by atoms with Crippen molar-refractivity contribution in [1.82, 2.24) is 10.2 Å². The van der Waals surface area contributed by atoms with Gasteiger partial charge in [-0.05, 0) is 25.4 Å². The van der Waals surface area contributed by atoms with E-state index in [0.717, 1.165) is 13.0 Å². The Bertz CT molecular complexity index is 162. The maximum absolute atomic E-state index is 11.2. The Morgan fingerprint density at radius 2 is 2.14 bits per heavy atom. The standard InChI is InChI=1S/C10H22N2OS/c1-9(6-8-14-4)11-7-5-10(13)12(2)3/h9,11H,5-8H2,1-4H3. The van der Waals surface area contributed by atoms with Crippen molar-refractivity contribution in [2.75, 3.05) is 32.6 Å². The molecule has 0 aliphatic carbocycles. The van der Waals surface area contributed by atoms with Crippen LogP contribution < -0.4 is 5.32 Å². The molecule has 14 heavy (non-hydrogen) atoms. The normalized spacial score (nSPS) is 12.6. The predicted octanol–water partition coefficient (Wildman–Crippen LogP) is 1.20. The molecule has 0 aromatic heterocycles. The zero-order valence-corrected chi connectivity index (χ0v) is 10.5. The summed E-state index contributed by atoms with van der Waals surface area (Å²) in [4.78, 5) is 12.9. The van der Waals surface area contributed by atoms with Crippen LogP contribution in [0.1, 0.15) is 19.8 Å². The van der Waals surface area contributed by atoms with E-state index in [1.165, 1.54) is 5.75 Å². The van der Waals surface area contributed by atoms with E-state index in [-0.39, 0.29) is 5.91 Å². The highest BCUT2D eigenvalue weighted by atomic mass is 32.2. The molecule has 1 unspecified atom stereocenters. The van der Waals surface area contributed by atoms with Crippen LogP contribution in [0.25, 0.3) is 0 Å². The van der Waals surface area contributed by atoms with Gasteiger partial charge in [0.05, 0.1) is 0 Å². The first-order chi connectivity index (χ1) is 6.57. The molecule has 0 aliphatic heterocycles. The van der Waals surface area contributed by atoms with Gasteiger partial charge >= 0.3 is 0 Å². The fourth-order valence-corrected chi connectivity index (χ4v) is 1.64. The predicted molar refractivity (Wildman–Crippen MR) is 63.8 cm³/mol. The molecule has 0 spiro atoms. The lowest BCUT2D eigenvalue weighted by Crippen LogP contribution is -2.31. The third-order valence-corrected chi connectivity index (χ3v) is 2.73. The zero-order valence-electron chi connectivity index (χ0n) is 9.67. The Balaban J connectivity index is 3.39. The molecule has 4 heteroatoms. The third-order valence-electron chi connectivity index (χ3n) is 2.09. The van der Waals surface area contributed by atoms with Crippen LogP contribution in [0.3, 0.4) is 0 Å². The van der Waals surface area contributed by atoms with E-state index in [2.05, 4.69) is 18.5 Å². The summed E-state index contributed by atoms with van der Waals surface area (Å²) in [6.45, 7) is 2.95. The van der Waals surface area contributed by atoms with Gasteiger partial charge in [0.25, 0.3) is 0 Å². The van der Waals surface area contributed by atoms with Crippen LogP contribution in [0.15, 0.2) is 0 Å². The van der Waals surface area contributed by atoms with Crippen molar-refractivity contribution in [1.29, 1.82) is 0 Å². The molecule has 0 aromatic carbocycles. The van der Waals surface area contributed by atoms with Crippen LogP contribution in [0, 0.1) is 0 Å². The van der Waals surface area contributed by atoms with Gasteiger partial charge in [-0.3, -0.25) is 4.79 Å². The summed E-state index contributed by atoms with van der Waals surface area (Å²) in [5, 5.41) is 3.34. The van der Waals surface area contributed by atoms with E-state index in [4.69, 9.17) is 0 Å². The second kappa shape index (κ2) is 8.12. The summed E-state index contributed by atoms with van der Waals surface area (Å²) < 4.78 is 0. The molecule has 0 aliphatic rings. The van der Waals surface area contributed by atoms with Crippen molar-refractivity contribution in [2.45, 2.75) is 25.8 Å². The molecular formula is C10H22N2OS. The van der Waals surface area contributed by atoms with E-state index < -0.39 is 0 Å². The summed E-state index contributed by atoms with van der Waals surface area (Å²) in [6, 6.07) is 0.511. The zero-order chi connectivity index (χ0) is 11.0. The van der Waals surface area contributed by atoms with Crippen LogP contribution in [0.4, 0.5) is 0 Å². The van der Waals surface area contributed by atoms with Gasteiger partial charge in [-0.1, -0.05) is 0 Å². The van der Waals surface area contributed by atoms with Crippen molar-refractivity contribution < 1.29 is 4.79 Å². The van der Waals surface area contributed by atoms with Gasteiger partial charge in [-0.2, -0.15) is 11.8 Å². The Labute approximate surface area is 91.6 Å². The number of carbonyl (C=O) groups excluding carboxylic acids is 1. The first kappa shape index (κ1) is 13.8. The van der Waals surface area contributed by atoms with Crippen molar-refractivity contribution in [2.24, 2.45) is 0 Å². The van der Waals surface area contributed by atoms with Gasteiger partial charge in [-0.25, -0.2) is 0 Å². The Kier molecular flexibility index (Phi) is 7.99. The fraction of sp³-hybridized carbons (Fsp3) is 0.900. The van der Waals surface area contributed by atoms with Gasteiger partial charge in [0.2, 0.25) is 5.91 Å². The van der Waals surface area contributed by atoms with Crippen LogP contribution in [-0.2, 0) is 4.79 Å². The topological polar surface area (TPSA) is 32.3 Å². The number of hydrogen-bond acceptors (Lipinski definition) is 3. The number of carbonyl (C=O) groups is 1. The molecule has 0 heterocycles. The van der Waals surface area contributed by atoms with Crippen molar-refractivity contribution >= 4 is 17.7 Å². The molecule has 3 nitrogen and oxygen atoms in total. The van der Waals surface area contributed by atoms with Crippen LogP contribution in [0.2, 0.25) is 0 Å². The Hall–Kier alpha value is -0.220. The molecule has 0 saturated heterocycles. The molecule has 84 valence electrons. The molecule has 1 N–H and O–H groups in total. The van der Waals surface area contributed by atoms with Crippen molar-refractivity contribution in [3.05, 3.63) is 0 Å². The van der Waals surface area contributed by atoms with Crippen LogP contribution in [0.5, 0.6) is 0 Å². The minimum atomic E-state index is 0.189. The Morgan fingerprint density at radius 1 is 1.50 bits per heavy atom. The second-order valence-corrected chi connectivity index (χ2v) is 4.66. The molecule has 0 fully saturated rings. The number of nitrogens with one attached hydrogen (secondary N) is 1. The molecule has 0 aromatic rings. The van der Waals surface area contributed by atoms with E-state index in [0.29, 0.717) is 12.5 Å². The molecule has 0 rings (SSSR count). The second-order valence-electron chi connectivity index (χ2n) is 3.67. The highest BCUT2D eigenvalue weighted by Gasteiger charge is 2.04. The summed E-state index contributed by atoms with van der Waals surface area (Å²) in [6.07, 6.45) is 3.87. The lowest BCUT2D eigenvalue weighted by Gasteiger charge is -2.14. The maximum atomic E-state index is 11.2. The van der Waals surface area contributed by atoms with Gasteiger partial charge in [-0.15, -0.1) is 0 Å². The van der Waals surface area contributed by atoms with Gasteiger partial charge < -0.3 is 10.2 Å². The van der Waals surface area contributed by atoms with Gasteiger partial charge in [0.15, 0.2) is 0 Å². The Morgan fingerprint density at radius 3 is 2.64 bits per heavy atom. The van der Waals surface area contributed by atoms with E-state index >= 15 is 0 Å². The number of rotatable bonds is 7. The number of hydrogen-bond donors (Lipinski definition) is 1. The molecular weight excluding hydrogens is 196 g/mol. The van der Waals surface area contributed by atoms with E-state index in [1.54, 1.807) is 19.0 Å². The van der Waals surface area contributed by atoms with Gasteiger partial charge in [0.1, 0.15) is 0 Å². The van der Waals surface area contributed by atoms with E-state index in [9.17, 15) is 4.79 Å². The maximum Gasteiger partial charge on any atom is 0.223 e. The monoisotopic (exact) mass is 218 g/mol. The molecule has 0 saturated carbocycles. The minimum Gasteiger partial charge on any atom is -0.349 e. The molecule has 1 amide bonds. The smallest absolute Gasteiger partial charge is 0.223 e. The molecule has 1 atom stereocenters. The SMILES string of the molecule is CSCCC(C)NCCC(=O)N(C)C. The lowest BCUT2D eigenvalue weighted by molar-refractivity contribution is -0.128. The summed E-state index contributed by atoms with van der Waals surface area (Å²) in [7, 11) is 3.58.